The van der Waals surface area contributed by atoms with Crippen LogP contribution in [0.2, 0.25) is 0 Å². The second kappa shape index (κ2) is 4.98. The molecule has 0 radical (unpaired) electrons. The minimum Gasteiger partial charge on any atom is -0.508 e. The van der Waals surface area contributed by atoms with E-state index in [-0.39, 0.29) is 37.6 Å². The lowest BCUT2D eigenvalue weighted by Crippen LogP contribution is -2.42. The van der Waals surface area contributed by atoms with Crippen molar-refractivity contribution in [3.05, 3.63) is 42.0 Å². The van der Waals surface area contributed by atoms with Crippen LogP contribution >= 0.6 is 0 Å². The number of piperidine rings is 1. The molecule has 1 heterocycles. The predicted octanol–water partition coefficient (Wildman–Crippen LogP) is 3.42. The third kappa shape index (κ3) is 2.68. The minimum absolute atomic E-state index is 0.0697. The highest BCUT2D eigenvalue weighted by molar-refractivity contribution is 6.07. The fourth-order valence-corrected chi connectivity index (χ4v) is 2.66. The molecule has 21 heavy (non-hydrogen) atoms. The molecular formula is C16H15F2NO2. The van der Waals surface area contributed by atoms with Crippen LogP contribution in [0.3, 0.4) is 0 Å². The van der Waals surface area contributed by atoms with Gasteiger partial charge in [0.15, 0.2) is 0 Å². The van der Waals surface area contributed by atoms with Crippen molar-refractivity contribution in [3.8, 4) is 5.75 Å². The van der Waals surface area contributed by atoms with Gasteiger partial charge in [0.1, 0.15) is 5.75 Å². The molecule has 0 bridgehead atoms. The van der Waals surface area contributed by atoms with Crippen LogP contribution in [-0.4, -0.2) is 34.9 Å². The number of likely N-dealkylation sites (tertiary alicyclic amines) is 1. The van der Waals surface area contributed by atoms with Crippen molar-refractivity contribution in [1.29, 1.82) is 0 Å². The zero-order chi connectivity index (χ0) is 15.0. The number of phenols is 1. The molecule has 0 aliphatic carbocycles. The van der Waals surface area contributed by atoms with Gasteiger partial charge in [0.25, 0.3) is 11.8 Å². The highest BCUT2D eigenvalue weighted by Crippen LogP contribution is 2.30. The van der Waals surface area contributed by atoms with Crippen LogP contribution in [0.15, 0.2) is 36.4 Å². The van der Waals surface area contributed by atoms with Crippen molar-refractivity contribution in [2.75, 3.05) is 13.1 Å². The fraction of sp³-hybridized carbons (Fsp3) is 0.312. The summed E-state index contributed by atoms with van der Waals surface area (Å²) in [6, 6.07) is 9.99. The number of benzene rings is 2. The summed E-state index contributed by atoms with van der Waals surface area (Å²) >= 11 is 0. The molecule has 1 aliphatic rings. The first-order valence-corrected chi connectivity index (χ1v) is 6.85. The lowest BCUT2D eigenvalue weighted by Gasteiger charge is -2.32. The number of hydrogen-bond donors (Lipinski definition) is 1. The van der Waals surface area contributed by atoms with E-state index >= 15 is 0 Å². The standard InChI is InChI=1S/C16H15F2NO2/c17-16(18)6-8-19(9-7-16)15(21)14-3-1-2-11-10-12(20)4-5-13(11)14/h1-5,10,20H,6-9H2. The van der Waals surface area contributed by atoms with Crippen molar-refractivity contribution >= 4 is 16.7 Å². The Hall–Kier alpha value is -2.17. The first-order chi connectivity index (χ1) is 9.96. The summed E-state index contributed by atoms with van der Waals surface area (Å²) in [6.45, 7) is 0.139. The summed E-state index contributed by atoms with van der Waals surface area (Å²) in [6.07, 6.45) is -0.575. The normalized spacial score (nSPS) is 17.9. The first kappa shape index (κ1) is 13.8. The van der Waals surface area contributed by atoms with Crippen LogP contribution in [0.4, 0.5) is 8.78 Å². The smallest absolute Gasteiger partial charge is 0.254 e. The Morgan fingerprint density at radius 1 is 1.14 bits per heavy atom. The number of hydrogen-bond acceptors (Lipinski definition) is 2. The lowest BCUT2D eigenvalue weighted by atomic mass is 10.0. The molecule has 2 aromatic carbocycles. The molecule has 0 spiro atoms. The SMILES string of the molecule is O=C(c1cccc2cc(O)ccc12)N1CCC(F)(F)CC1. The molecule has 110 valence electrons. The van der Waals surface area contributed by atoms with Crippen LogP contribution in [0.1, 0.15) is 23.2 Å². The van der Waals surface area contributed by atoms with Gasteiger partial charge in [-0.1, -0.05) is 12.1 Å². The van der Waals surface area contributed by atoms with Gasteiger partial charge in [-0.15, -0.1) is 0 Å². The Labute approximate surface area is 120 Å². The second-order valence-electron chi connectivity index (χ2n) is 5.36. The Kier molecular flexibility index (Phi) is 3.27. The van der Waals surface area contributed by atoms with E-state index in [0.717, 1.165) is 10.8 Å². The number of halogens is 2. The van der Waals surface area contributed by atoms with E-state index in [0.29, 0.717) is 5.56 Å². The molecule has 1 fully saturated rings. The Bertz CT molecular complexity index is 690. The quantitative estimate of drug-likeness (QED) is 0.874. The number of phenolic OH excluding ortho intramolecular Hbond substituents is 1. The number of alkyl halides is 2. The molecule has 1 saturated heterocycles. The third-order valence-electron chi connectivity index (χ3n) is 3.88. The van der Waals surface area contributed by atoms with E-state index in [1.54, 1.807) is 30.3 Å². The van der Waals surface area contributed by atoms with E-state index in [1.807, 2.05) is 0 Å². The molecule has 3 rings (SSSR count). The molecule has 1 N–H and O–H groups in total. The molecule has 1 amide bonds. The first-order valence-electron chi connectivity index (χ1n) is 6.85. The molecule has 1 aliphatic heterocycles. The average Bonchev–Trinajstić information content (AvgIpc) is 2.45. The van der Waals surface area contributed by atoms with E-state index in [1.165, 1.54) is 11.0 Å². The van der Waals surface area contributed by atoms with E-state index in [2.05, 4.69) is 0 Å². The third-order valence-corrected chi connectivity index (χ3v) is 3.88. The van der Waals surface area contributed by atoms with Crippen LogP contribution in [0.5, 0.6) is 5.75 Å². The molecule has 0 saturated carbocycles. The molecule has 0 atom stereocenters. The topological polar surface area (TPSA) is 40.5 Å². The molecule has 0 aromatic heterocycles. The minimum atomic E-state index is -2.67. The number of carbonyl (C=O) groups excluding carboxylic acids is 1. The van der Waals surface area contributed by atoms with E-state index in [4.69, 9.17) is 0 Å². The van der Waals surface area contributed by atoms with Crippen molar-refractivity contribution in [3.63, 3.8) is 0 Å². The van der Waals surface area contributed by atoms with Crippen LogP contribution < -0.4 is 0 Å². The summed E-state index contributed by atoms with van der Waals surface area (Å²) < 4.78 is 26.4. The monoisotopic (exact) mass is 291 g/mol. The summed E-state index contributed by atoms with van der Waals surface area (Å²) in [5, 5.41) is 11.0. The van der Waals surface area contributed by atoms with Gasteiger partial charge < -0.3 is 10.0 Å². The fourth-order valence-electron chi connectivity index (χ4n) is 2.66. The number of rotatable bonds is 1. The number of amides is 1. The number of aromatic hydroxyl groups is 1. The number of fused-ring (bicyclic) bond motifs is 1. The second-order valence-corrected chi connectivity index (χ2v) is 5.36. The lowest BCUT2D eigenvalue weighted by molar-refractivity contribution is -0.0493. The molecular weight excluding hydrogens is 276 g/mol. The zero-order valence-electron chi connectivity index (χ0n) is 11.4. The summed E-state index contributed by atoms with van der Waals surface area (Å²) in [5.74, 6) is -2.77. The van der Waals surface area contributed by atoms with E-state index in [9.17, 15) is 18.7 Å². The average molecular weight is 291 g/mol. The Morgan fingerprint density at radius 3 is 2.57 bits per heavy atom. The number of carbonyl (C=O) groups is 1. The van der Waals surface area contributed by atoms with Gasteiger partial charge in [0.05, 0.1) is 0 Å². The highest BCUT2D eigenvalue weighted by atomic mass is 19.3. The maximum atomic E-state index is 13.2. The Morgan fingerprint density at radius 2 is 1.86 bits per heavy atom. The molecule has 0 unspecified atom stereocenters. The molecule has 5 heteroatoms. The van der Waals surface area contributed by atoms with Gasteiger partial charge in [0.2, 0.25) is 0 Å². The van der Waals surface area contributed by atoms with Crippen molar-refractivity contribution in [2.45, 2.75) is 18.8 Å². The Balaban J connectivity index is 1.92. The van der Waals surface area contributed by atoms with E-state index < -0.39 is 5.92 Å². The van der Waals surface area contributed by atoms with Gasteiger partial charge in [-0.3, -0.25) is 4.79 Å². The molecule has 2 aromatic rings. The van der Waals surface area contributed by atoms with Gasteiger partial charge >= 0.3 is 0 Å². The van der Waals surface area contributed by atoms with Crippen molar-refractivity contribution < 1.29 is 18.7 Å². The molecule has 3 nitrogen and oxygen atoms in total. The van der Waals surface area contributed by atoms with Crippen LogP contribution in [0, 0.1) is 0 Å². The summed E-state index contributed by atoms with van der Waals surface area (Å²) in [5.41, 5.74) is 0.484. The highest BCUT2D eigenvalue weighted by Gasteiger charge is 2.35. The largest absolute Gasteiger partial charge is 0.508 e. The number of nitrogens with zero attached hydrogens (tertiary/aromatic N) is 1. The summed E-state index contributed by atoms with van der Waals surface area (Å²) in [4.78, 5) is 14.0. The van der Waals surface area contributed by atoms with Gasteiger partial charge in [0, 0.05) is 31.5 Å². The van der Waals surface area contributed by atoms with Gasteiger partial charge in [-0.2, -0.15) is 0 Å². The maximum absolute atomic E-state index is 13.2. The zero-order valence-corrected chi connectivity index (χ0v) is 11.4. The van der Waals surface area contributed by atoms with Crippen molar-refractivity contribution in [1.82, 2.24) is 4.90 Å². The van der Waals surface area contributed by atoms with Gasteiger partial charge in [-0.25, -0.2) is 8.78 Å². The van der Waals surface area contributed by atoms with Crippen LogP contribution in [-0.2, 0) is 0 Å². The van der Waals surface area contributed by atoms with Crippen LogP contribution in [0.25, 0.3) is 10.8 Å². The predicted molar refractivity (Wildman–Crippen MR) is 75.7 cm³/mol. The summed E-state index contributed by atoms with van der Waals surface area (Å²) in [7, 11) is 0. The van der Waals surface area contributed by atoms with Crippen molar-refractivity contribution in [2.24, 2.45) is 0 Å². The van der Waals surface area contributed by atoms with Gasteiger partial charge in [-0.05, 0) is 35.0 Å². The maximum Gasteiger partial charge on any atom is 0.254 e.